The minimum Gasteiger partial charge on any atom is -0.368 e. The molecule has 138 valence electrons. The van der Waals surface area contributed by atoms with E-state index in [0.717, 1.165) is 44.3 Å². The molecule has 0 spiro atoms. The quantitative estimate of drug-likeness (QED) is 0.893. The lowest BCUT2D eigenvalue weighted by molar-refractivity contribution is -0.145. The maximum atomic E-state index is 13.1. The Morgan fingerprint density at radius 3 is 2.62 bits per heavy atom. The zero-order valence-corrected chi connectivity index (χ0v) is 15.1. The molecule has 1 amide bonds. The average molecular weight is 353 g/mol. The Morgan fingerprint density at radius 1 is 1.15 bits per heavy atom. The Kier molecular flexibility index (Phi) is 5.34. The van der Waals surface area contributed by atoms with Gasteiger partial charge in [-0.15, -0.1) is 0 Å². The summed E-state index contributed by atoms with van der Waals surface area (Å²) in [6.45, 7) is 1.25. The van der Waals surface area contributed by atoms with E-state index in [9.17, 15) is 4.79 Å². The summed E-state index contributed by atoms with van der Waals surface area (Å²) in [6, 6.07) is 11.0. The molecule has 1 aromatic carbocycles. The van der Waals surface area contributed by atoms with Gasteiger partial charge in [-0.25, -0.2) is 4.98 Å². The zero-order valence-electron chi connectivity index (χ0n) is 15.1. The second-order valence-electron chi connectivity index (χ2n) is 7.42. The first-order valence-corrected chi connectivity index (χ1v) is 9.76. The molecule has 1 aromatic heterocycles. The van der Waals surface area contributed by atoms with Crippen LogP contribution in [0.4, 0.5) is 0 Å². The number of carbonyl (C=O) groups is 1. The number of nitrogens with one attached hydrogen (secondary N) is 1. The highest BCUT2D eigenvalue weighted by Gasteiger charge is 2.35. The number of nitrogens with zero attached hydrogens (tertiary/aromatic N) is 2. The molecule has 1 saturated carbocycles. The van der Waals surface area contributed by atoms with Crippen LogP contribution in [0.1, 0.15) is 55.8 Å². The summed E-state index contributed by atoms with van der Waals surface area (Å²) in [5, 5.41) is 0. The van der Waals surface area contributed by atoms with Gasteiger partial charge in [-0.2, -0.15) is 0 Å². The molecule has 2 aromatic rings. The molecule has 0 radical (unpaired) electrons. The van der Waals surface area contributed by atoms with Crippen molar-refractivity contribution in [2.45, 2.75) is 63.1 Å². The van der Waals surface area contributed by atoms with Gasteiger partial charge in [0, 0.05) is 25.0 Å². The van der Waals surface area contributed by atoms with Crippen molar-refractivity contribution in [3.63, 3.8) is 0 Å². The van der Waals surface area contributed by atoms with Crippen LogP contribution in [0, 0.1) is 0 Å². The van der Waals surface area contributed by atoms with Gasteiger partial charge in [0.1, 0.15) is 11.9 Å². The van der Waals surface area contributed by atoms with Gasteiger partial charge in [-0.3, -0.25) is 4.79 Å². The molecule has 2 aliphatic rings. The zero-order chi connectivity index (χ0) is 17.8. The van der Waals surface area contributed by atoms with Crippen molar-refractivity contribution in [2.75, 3.05) is 6.61 Å². The molecule has 0 unspecified atom stereocenters. The predicted octanol–water partition coefficient (Wildman–Crippen LogP) is 3.64. The molecule has 2 heterocycles. The fraction of sp³-hybridized carbons (Fsp3) is 0.524. The Bertz CT molecular complexity index is 687. The molecule has 1 aliphatic heterocycles. The van der Waals surface area contributed by atoms with Gasteiger partial charge < -0.3 is 14.6 Å². The number of imidazole rings is 1. The van der Waals surface area contributed by atoms with Crippen LogP contribution in [-0.2, 0) is 16.1 Å². The number of rotatable bonds is 5. The smallest absolute Gasteiger partial charge is 0.252 e. The van der Waals surface area contributed by atoms with Gasteiger partial charge in [-0.1, -0.05) is 30.3 Å². The van der Waals surface area contributed by atoms with Crippen molar-refractivity contribution in [2.24, 2.45) is 0 Å². The van der Waals surface area contributed by atoms with Gasteiger partial charge in [-0.05, 0) is 50.0 Å². The van der Waals surface area contributed by atoms with Crippen molar-refractivity contribution in [1.29, 1.82) is 0 Å². The third kappa shape index (κ3) is 3.83. The Labute approximate surface area is 154 Å². The van der Waals surface area contributed by atoms with E-state index in [1.54, 1.807) is 6.20 Å². The fourth-order valence-electron chi connectivity index (χ4n) is 4.34. The number of ether oxygens (including phenoxy) is 1. The number of benzene rings is 1. The average Bonchev–Trinajstić information content (AvgIpc) is 3.40. The predicted molar refractivity (Wildman–Crippen MR) is 99.6 cm³/mol. The summed E-state index contributed by atoms with van der Waals surface area (Å²) in [4.78, 5) is 22.6. The molecule has 1 aliphatic carbocycles. The molecule has 1 saturated heterocycles. The molecule has 0 bridgehead atoms. The summed E-state index contributed by atoms with van der Waals surface area (Å²) in [5.41, 5.74) is 1.42. The number of aromatic nitrogens is 2. The number of carbonyl (C=O) groups excluding carboxylic acids is 1. The van der Waals surface area contributed by atoms with Crippen molar-refractivity contribution in [3.05, 3.63) is 54.1 Å². The van der Waals surface area contributed by atoms with E-state index in [0.29, 0.717) is 19.1 Å². The molecular formula is C21H27N3O2. The maximum absolute atomic E-state index is 13.1. The summed E-state index contributed by atoms with van der Waals surface area (Å²) in [5.74, 6) is 1.60. The van der Waals surface area contributed by atoms with Crippen molar-refractivity contribution in [3.8, 4) is 0 Å². The van der Waals surface area contributed by atoms with Crippen LogP contribution in [0.15, 0.2) is 42.7 Å². The van der Waals surface area contributed by atoms with Crippen LogP contribution in [-0.4, -0.2) is 39.5 Å². The van der Waals surface area contributed by atoms with Crippen LogP contribution in [0.2, 0.25) is 0 Å². The highest BCUT2D eigenvalue weighted by Crippen LogP contribution is 2.35. The van der Waals surface area contributed by atoms with Gasteiger partial charge >= 0.3 is 0 Å². The molecular weight excluding hydrogens is 326 g/mol. The Hall–Kier alpha value is -2.14. The highest BCUT2D eigenvalue weighted by atomic mass is 16.5. The molecule has 1 N–H and O–H groups in total. The Balaban J connectivity index is 1.44. The standard InChI is InChI=1S/C21H27N3O2/c25-21(19-7-4-14-26-19)24(15-20-22-12-13-23-20)18-10-8-17(9-11-18)16-5-2-1-3-6-16/h1-3,5-6,12-13,17-19H,4,7-11,14-15H2,(H,22,23)/t17?,18?,19-/m0/s1. The van der Waals surface area contributed by atoms with Crippen LogP contribution >= 0.6 is 0 Å². The second kappa shape index (κ2) is 8.04. The fourth-order valence-corrected chi connectivity index (χ4v) is 4.34. The minimum absolute atomic E-state index is 0.141. The molecule has 5 nitrogen and oxygen atoms in total. The first-order chi connectivity index (χ1) is 12.8. The summed E-state index contributed by atoms with van der Waals surface area (Å²) < 4.78 is 5.67. The van der Waals surface area contributed by atoms with Crippen LogP contribution < -0.4 is 0 Å². The lowest BCUT2D eigenvalue weighted by Gasteiger charge is -2.37. The minimum atomic E-state index is -0.267. The van der Waals surface area contributed by atoms with Gasteiger partial charge in [0.15, 0.2) is 0 Å². The van der Waals surface area contributed by atoms with Crippen molar-refractivity contribution in [1.82, 2.24) is 14.9 Å². The third-order valence-electron chi connectivity index (χ3n) is 5.77. The normalized spacial score (nSPS) is 25.9. The van der Waals surface area contributed by atoms with Gasteiger partial charge in [0.25, 0.3) is 5.91 Å². The Morgan fingerprint density at radius 2 is 1.96 bits per heavy atom. The lowest BCUT2D eigenvalue weighted by Crippen LogP contribution is -2.46. The van der Waals surface area contributed by atoms with E-state index in [1.165, 1.54) is 5.56 Å². The maximum Gasteiger partial charge on any atom is 0.252 e. The molecule has 1 atom stereocenters. The van der Waals surface area contributed by atoms with Gasteiger partial charge in [0.05, 0.1) is 6.54 Å². The first-order valence-electron chi connectivity index (χ1n) is 9.76. The monoisotopic (exact) mass is 353 g/mol. The van der Waals surface area contributed by atoms with Gasteiger partial charge in [0.2, 0.25) is 0 Å². The molecule has 5 heteroatoms. The van der Waals surface area contributed by atoms with Crippen LogP contribution in [0.25, 0.3) is 0 Å². The van der Waals surface area contributed by atoms with Crippen LogP contribution in [0.3, 0.4) is 0 Å². The van der Waals surface area contributed by atoms with E-state index in [1.807, 2.05) is 11.1 Å². The number of hydrogen-bond donors (Lipinski definition) is 1. The third-order valence-corrected chi connectivity index (χ3v) is 5.77. The van der Waals surface area contributed by atoms with E-state index < -0.39 is 0 Å². The van der Waals surface area contributed by atoms with Crippen molar-refractivity contribution >= 4 is 5.91 Å². The molecule has 4 rings (SSSR count). The SMILES string of the molecule is O=C([C@@H]1CCCO1)N(Cc1ncc[nH]1)C1CCC(c2ccccc2)CC1. The summed E-state index contributed by atoms with van der Waals surface area (Å²) >= 11 is 0. The number of aromatic amines is 1. The summed E-state index contributed by atoms with van der Waals surface area (Å²) in [6.07, 6.45) is 9.45. The van der Waals surface area contributed by atoms with E-state index in [2.05, 4.69) is 40.3 Å². The van der Waals surface area contributed by atoms with E-state index in [4.69, 9.17) is 4.74 Å². The largest absolute Gasteiger partial charge is 0.368 e. The second-order valence-corrected chi connectivity index (χ2v) is 7.42. The molecule has 26 heavy (non-hydrogen) atoms. The number of H-pyrrole nitrogens is 1. The topological polar surface area (TPSA) is 58.2 Å². The van der Waals surface area contributed by atoms with Crippen molar-refractivity contribution < 1.29 is 9.53 Å². The van der Waals surface area contributed by atoms with Crippen LogP contribution in [0.5, 0.6) is 0 Å². The lowest BCUT2D eigenvalue weighted by atomic mass is 9.81. The van der Waals surface area contributed by atoms with E-state index in [-0.39, 0.29) is 18.1 Å². The number of hydrogen-bond acceptors (Lipinski definition) is 3. The van der Waals surface area contributed by atoms with E-state index >= 15 is 0 Å². The first kappa shape index (κ1) is 17.3. The number of amides is 1. The summed E-state index contributed by atoms with van der Waals surface area (Å²) in [7, 11) is 0. The molecule has 2 fully saturated rings. The highest BCUT2D eigenvalue weighted by molar-refractivity contribution is 5.81.